The normalized spacial score (nSPS) is 10.2. The number of halogens is 1. The van der Waals surface area contributed by atoms with E-state index in [2.05, 4.69) is 25.7 Å². The largest absolute Gasteiger partial charge is 0.343 e. The van der Waals surface area contributed by atoms with Gasteiger partial charge in [0.25, 0.3) is 5.91 Å². The van der Waals surface area contributed by atoms with Gasteiger partial charge in [0.15, 0.2) is 16.7 Å². The van der Waals surface area contributed by atoms with Crippen LogP contribution in [-0.4, -0.2) is 30.9 Å². The van der Waals surface area contributed by atoms with Gasteiger partial charge in [-0.1, -0.05) is 11.6 Å². The average Bonchev–Trinajstić information content (AvgIpc) is 2.73. The second-order valence-electron chi connectivity index (χ2n) is 3.28. The smallest absolute Gasteiger partial charge is 0.272 e. The molecule has 1 amide bonds. The molecule has 2 aromatic heterocycles. The van der Waals surface area contributed by atoms with E-state index in [1.807, 2.05) is 0 Å². The van der Waals surface area contributed by atoms with Gasteiger partial charge in [-0.05, 0) is 12.1 Å². The van der Waals surface area contributed by atoms with Gasteiger partial charge in [-0.25, -0.2) is 0 Å². The number of aromatic nitrogens is 5. The molecule has 0 saturated carbocycles. The Bertz CT molecular complexity index is 523. The molecular weight excluding hydrogens is 244 g/mol. The molecule has 0 aromatic carbocycles. The number of carbonyl (C=O) groups excluding carboxylic acids is 1. The van der Waals surface area contributed by atoms with Gasteiger partial charge in [-0.2, -0.15) is 0 Å². The number of rotatable bonds is 3. The van der Waals surface area contributed by atoms with Gasteiger partial charge in [0.1, 0.15) is 6.33 Å². The summed E-state index contributed by atoms with van der Waals surface area (Å²) in [7, 11) is 1.80. The molecule has 0 radical (unpaired) electrons. The highest BCUT2D eigenvalue weighted by atomic mass is 35.5. The Labute approximate surface area is 102 Å². The van der Waals surface area contributed by atoms with Crippen LogP contribution >= 0.6 is 11.6 Å². The summed E-state index contributed by atoms with van der Waals surface area (Å²) in [4.78, 5) is 11.6. The summed E-state index contributed by atoms with van der Waals surface area (Å²) in [5.74, 6) is 0.317. The number of aryl methyl sites for hydroxylation is 1. The Morgan fingerprint density at radius 1 is 1.41 bits per heavy atom. The van der Waals surface area contributed by atoms with Crippen LogP contribution in [0.5, 0.6) is 0 Å². The predicted molar refractivity (Wildman–Crippen MR) is 59.2 cm³/mol. The van der Waals surface area contributed by atoms with Gasteiger partial charge in [0, 0.05) is 7.05 Å². The molecule has 0 fully saturated rings. The molecule has 1 N–H and O–H groups in total. The Morgan fingerprint density at radius 2 is 2.24 bits per heavy atom. The fraction of sp³-hybridized carbons (Fsp3) is 0.222. The van der Waals surface area contributed by atoms with Crippen molar-refractivity contribution in [3.63, 3.8) is 0 Å². The number of amides is 1. The second kappa shape index (κ2) is 4.88. The van der Waals surface area contributed by atoms with Crippen molar-refractivity contribution >= 4 is 17.5 Å². The van der Waals surface area contributed by atoms with Crippen molar-refractivity contribution in [3.8, 4) is 0 Å². The standard InChI is InChI=1S/C9H9ClN6O/c1-16-5-12-15-8(16)4-11-9(17)6-2-3-7(10)14-13-6/h2-3,5H,4H2,1H3,(H,11,17). The number of nitrogens with zero attached hydrogens (tertiary/aromatic N) is 5. The molecule has 0 unspecified atom stereocenters. The van der Waals surface area contributed by atoms with E-state index in [4.69, 9.17) is 11.6 Å². The minimum Gasteiger partial charge on any atom is -0.343 e. The fourth-order valence-electron chi connectivity index (χ4n) is 1.15. The highest BCUT2D eigenvalue weighted by molar-refractivity contribution is 6.29. The van der Waals surface area contributed by atoms with Crippen LogP contribution in [0.2, 0.25) is 5.15 Å². The van der Waals surface area contributed by atoms with Gasteiger partial charge in [0.05, 0.1) is 6.54 Å². The maximum atomic E-state index is 11.6. The van der Waals surface area contributed by atoms with Crippen molar-refractivity contribution in [1.29, 1.82) is 0 Å². The van der Waals surface area contributed by atoms with E-state index >= 15 is 0 Å². The summed E-state index contributed by atoms with van der Waals surface area (Å²) in [5.41, 5.74) is 0.205. The third kappa shape index (κ3) is 2.76. The number of hydrogen-bond donors (Lipinski definition) is 1. The maximum Gasteiger partial charge on any atom is 0.272 e. The van der Waals surface area contributed by atoms with Crippen molar-refractivity contribution in [3.05, 3.63) is 35.1 Å². The molecule has 88 valence electrons. The van der Waals surface area contributed by atoms with Crippen molar-refractivity contribution in [2.75, 3.05) is 0 Å². The predicted octanol–water partition coefficient (Wildman–Crippen LogP) is 0.188. The number of carbonyl (C=O) groups is 1. The first-order valence-electron chi connectivity index (χ1n) is 4.77. The topological polar surface area (TPSA) is 85.6 Å². The Balaban J connectivity index is 1.98. The SMILES string of the molecule is Cn1cnnc1CNC(=O)c1ccc(Cl)nn1. The van der Waals surface area contributed by atoms with Crippen LogP contribution in [-0.2, 0) is 13.6 Å². The highest BCUT2D eigenvalue weighted by Gasteiger charge is 2.09. The summed E-state index contributed by atoms with van der Waals surface area (Å²) in [6, 6.07) is 3.01. The molecule has 0 saturated heterocycles. The van der Waals surface area contributed by atoms with Crippen molar-refractivity contribution in [1.82, 2.24) is 30.3 Å². The quantitative estimate of drug-likeness (QED) is 0.843. The van der Waals surface area contributed by atoms with Crippen LogP contribution in [0.3, 0.4) is 0 Å². The van der Waals surface area contributed by atoms with Crippen molar-refractivity contribution < 1.29 is 4.79 Å². The van der Waals surface area contributed by atoms with Crippen LogP contribution in [0.4, 0.5) is 0 Å². The Morgan fingerprint density at radius 3 is 2.82 bits per heavy atom. The first-order valence-corrected chi connectivity index (χ1v) is 5.15. The highest BCUT2D eigenvalue weighted by Crippen LogP contribution is 2.02. The molecule has 17 heavy (non-hydrogen) atoms. The third-order valence-corrected chi connectivity index (χ3v) is 2.28. The molecule has 0 aliphatic heterocycles. The molecule has 0 bridgehead atoms. The molecule has 0 spiro atoms. The molecule has 0 aliphatic rings. The van der Waals surface area contributed by atoms with E-state index < -0.39 is 0 Å². The molecule has 2 aromatic rings. The summed E-state index contributed by atoms with van der Waals surface area (Å²) in [6.07, 6.45) is 1.56. The zero-order valence-electron chi connectivity index (χ0n) is 8.96. The van der Waals surface area contributed by atoms with Crippen LogP contribution in [0.25, 0.3) is 0 Å². The van der Waals surface area contributed by atoms with Gasteiger partial charge < -0.3 is 9.88 Å². The lowest BCUT2D eigenvalue weighted by atomic mass is 10.3. The van der Waals surface area contributed by atoms with Gasteiger partial charge in [-0.15, -0.1) is 20.4 Å². The molecule has 8 heteroatoms. The average molecular weight is 253 g/mol. The molecule has 2 rings (SSSR count). The zero-order chi connectivity index (χ0) is 12.3. The minimum atomic E-state index is -0.336. The monoisotopic (exact) mass is 252 g/mol. The minimum absolute atomic E-state index is 0.205. The lowest BCUT2D eigenvalue weighted by Crippen LogP contribution is -2.25. The van der Waals surface area contributed by atoms with E-state index in [1.165, 1.54) is 12.1 Å². The zero-order valence-corrected chi connectivity index (χ0v) is 9.72. The van der Waals surface area contributed by atoms with Crippen molar-refractivity contribution in [2.24, 2.45) is 7.05 Å². The summed E-state index contributed by atoms with van der Waals surface area (Å²) < 4.78 is 1.72. The van der Waals surface area contributed by atoms with Gasteiger partial charge in [-0.3, -0.25) is 4.79 Å². The summed E-state index contributed by atoms with van der Waals surface area (Å²) >= 11 is 5.57. The van der Waals surface area contributed by atoms with E-state index in [-0.39, 0.29) is 23.3 Å². The summed E-state index contributed by atoms with van der Waals surface area (Å²) in [6.45, 7) is 0.277. The first kappa shape index (κ1) is 11.5. The first-order chi connectivity index (χ1) is 8.16. The second-order valence-corrected chi connectivity index (χ2v) is 3.67. The molecule has 0 atom stereocenters. The third-order valence-electron chi connectivity index (χ3n) is 2.08. The summed E-state index contributed by atoms with van der Waals surface area (Å²) in [5, 5.41) is 17.7. The fourth-order valence-corrected chi connectivity index (χ4v) is 1.25. The van der Waals surface area contributed by atoms with E-state index in [1.54, 1.807) is 17.9 Å². The van der Waals surface area contributed by atoms with Gasteiger partial charge >= 0.3 is 0 Å². The number of hydrogen-bond acceptors (Lipinski definition) is 5. The molecule has 0 aliphatic carbocycles. The lowest BCUT2D eigenvalue weighted by Gasteiger charge is -2.03. The molecular formula is C9H9ClN6O. The van der Waals surface area contributed by atoms with E-state index in [0.717, 1.165) is 0 Å². The van der Waals surface area contributed by atoms with Crippen molar-refractivity contribution in [2.45, 2.75) is 6.54 Å². The van der Waals surface area contributed by atoms with Crippen LogP contribution < -0.4 is 5.32 Å². The van der Waals surface area contributed by atoms with Gasteiger partial charge in [0.2, 0.25) is 0 Å². The lowest BCUT2D eigenvalue weighted by molar-refractivity contribution is 0.0943. The van der Waals surface area contributed by atoms with Crippen LogP contribution in [0, 0.1) is 0 Å². The number of nitrogens with one attached hydrogen (secondary N) is 1. The molecule has 7 nitrogen and oxygen atoms in total. The van der Waals surface area contributed by atoms with Crippen LogP contribution in [0.1, 0.15) is 16.3 Å². The van der Waals surface area contributed by atoms with E-state index in [0.29, 0.717) is 5.82 Å². The molecule has 2 heterocycles. The Kier molecular flexibility index (Phi) is 3.29. The maximum absolute atomic E-state index is 11.6. The van der Waals surface area contributed by atoms with E-state index in [9.17, 15) is 4.79 Å². The van der Waals surface area contributed by atoms with Crippen LogP contribution in [0.15, 0.2) is 18.5 Å². The Hall–Kier alpha value is -2.02.